The van der Waals surface area contributed by atoms with Crippen molar-refractivity contribution in [2.24, 2.45) is 0 Å². The van der Waals surface area contributed by atoms with Gasteiger partial charge in [0.1, 0.15) is 0 Å². The van der Waals surface area contributed by atoms with Crippen molar-refractivity contribution in [2.45, 2.75) is 25.4 Å². The molecule has 2 heteroatoms. The summed E-state index contributed by atoms with van der Waals surface area (Å²) >= 11 is 0. The van der Waals surface area contributed by atoms with Crippen LogP contribution in [0.5, 0.6) is 0 Å². The molecule has 0 aromatic carbocycles. The van der Waals surface area contributed by atoms with E-state index in [1.54, 1.807) is 6.20 Å². The van der Waals surface area contributed by atoms with Crippen LogP contribution in [0.2, 0.25) is 0 Å². The molecule has 58 valence electrons. The molecule has 1 fully saturated rings. The largest absolute Gasteiger partial charge is 0.392 e. The lowest BCUT2D eigenvalue weighted by molar-refractivity contribution is 0.281. The average molecular weight is 149 g/mol. The summed E-state index contributed by atoms with van der Waals surface area (Å²) < 4.78 is 0. The van der Waals surface area contributed by atoms with E-state index in [0.717, 1.165) is 11.3 Å². The molecular weight excluding hydrogens is 138 g/mol. The van der Waals surface area contributed by atoms with Gasteiger partial charge in [0.25, 0.3) is 0 Å². The zero-order valence-corrected chi connectivity index (χ0v) is 6.33. The fourth-order valence-corrected chi connectivity index (χ4v) is 1.20. The van der Waals surface area contributed by atoms with Crippen LogP contribution in [0, 0.1) is 0 Å². The smallest absolute Gasteiger partial charge is 0.0683 e. The van der Waals surface area contributed by atoms with Crippen LogP contribution in [-0.4, -0.2) is 10.1 Å². The Morgan fingerprint density at radius 2 is 2.36 bits per heavy atom. The molecule has 1 N–H and O–H groups in total. The Kier molecular flexibility index (Phi) is 1.62. The highest BCUT2D eigenvalue weighted by molar-refractivity contribution is 5.21. The quantitative estimate of drug-likeness (QED) is 0.690. The molecule has 1 aliphatic rings. The summed E-state index contributed by atoms with van der Waals surface area (Å²) in [6.07, 6.45) is 4.31. The molecule has 0 unspecified atom stereocenters. The lowest BCUT2D eigenvalue weighted by atomic mass is 10.2. The molecule has 1 saturated carbocycles. The van der Waals surface area contributed by atoms with Crippen molar-refractivity contribution in [1.29, 1.82) is 0 Å². The standard InChI is InChI=1S/C9H11NO/c11-6-7-3-4-10-9(5-7)8-1-2-8/h3-5,8,11H,1-2,6H2. The van der Waals surface area contributed by atoms with Crippen molar-refractivity contribution in [2.75, 3.05) is 0 Å². The lowest BCUT2D eigenvalue weighted by Gasteiger charge is -1.98. The molecule has 0 saturated heterocycles. The van der Waals surface area contributed by atoms with Crippen molar-refractivity contribution < 1.29 is 5.11 Å². The van der Waals surface area contributed by atoms with Crippen LogP contribution in [0.4, 0.5) is 0 Å². The fraction of sp³-hybridized carbons (Fsp3) is 0.444. The minimum Gasteiger partial charge on any atom is -0.392 e. The monoisotopic (exact) mass is 149 g/mol. The van der Waals surface area contributed by atoms with Crippen molar-refractivity contribution in [3.8, 4) is 0 Å². The van der Waals surface area contributed by atoms with Gasteiger partial charge in [0, 0.05) is 17.8 Å². The molecule has 2 rings (SSSR count). The summed E-state index contributed by atoms with van der Waals surface area (Å²) in [5.74, 6) is 0.682. The van der Waals surface area contributed by atoms with Crippen LogP contribution in [0.15, 0.2) is 18.3 Å². The van der Waals surface area contributed by atoms with Gasteiger partial charge in [-0.1, -0.05) is 0 Å². The van der Waals surface area contributed by atoms with Crippen molar-refractivity contribution in [1.82, 2.24) is 4.98 Å². The average Bonchev–Trinajstić information content (AvgIpc) is 2.87. The minimum absolute atomic E-state index is 0.127. The van der Waals surface area contributed by atoms with Gasteiger partial charge in [-0.2, -0.15) is 0 Å². The second kappa shape index (κ2) is 2.62. The van der Waals surface area contributed by atoms with E-state index in [1.165, 1.54) is 12.8 Å². The van der Waals surface area contributed by atoms with Crippen molar-refractivity contribution >= 4 is 0 Å². The Morgan fingerprint density at radius 3 is 3.00 bits per heavy atom. The van der Waals surface area contributed by atoms with Gasteiger partial charge in [-0.3, -0.25) is 4.98 Å². The maximum atomic E-state index is 8.84. The molecular formula is C9H11NO. The molecule has 1 aromatic rings. The van der Waals surface area contributed by atoms with Gasteiger partial charge in [0.15, 0.2) is 0 Å². The van der Waals surface area contributed by atoms with Gasteiger partial charge in [-0.05, 0) is 30.5 Å². The van der Waals surface area contributed by atoms with Gasteiger partial charge in [-0.25, -0.2) is 0 Å². The Labute approximate surface area is 65.9 Å². The first kappa shape index (κ1) is 6.80. The maximum absolute atomic E-state index is 8.84. The number of aliphatic hydroxyl groups is 1. The summed E-state index contributed by atoms with van der Waals surface area (Å²) in [7, 11) is 0. The molecule has 0 spiro atoms. The van der Waals surface area contributed by atoms with E-state index in [-0.39, 0.29) is 6.61 Å². The maximum Gasteiger partial charge on any atom is 0.0683 e. The second-order valence-corrected chi connectivity index (χ2v) is 3.02. The summed E-state index contributed by atoms with van der Waals surface area (Å²) in [5, 5.41) is 8.84. The Morgan fingerprint density at radius 1 is 1.55 bits per heavy atom. The number of hydrogen-bond donors (Lipinski definition) is 1. The Bertz CT molecular complexity index is 255. The second-order valence-electron chi connectivity index (χ2n) is 3.02. The number of aliphatic hydroxyl groups excluding tert-OH is 1. The number of rotatable bonds is 2. The van der Waals surface area contributed by atoms with Gasteiger partial charge < -0.3 is 5.11 Å². The zero-order valence-electron chi connectivity index (χ0n) is 6.33. The van der Waals surface area contributed by atoms with E-state index in [1.807, 2.05) is 12.1 Å². The van der Waals surface area contributed by atoms with E-state index in [4.69, 9.17) is 5.11 Å². The van der Waals surface area contributed by atoms with E-state index in [9.17, 15) is 0 Å². The first-order valence-corrected chi connectivity index (χ1v) is 3.96. The Hall–Kier alpha value is -0.890. The first-order chi connectivity index (χ1) is 5.40. The number of aromatic nitrogens is 1. The van der Waals surface area contributed by atoms with Crippen molar-refractivity contribution in [3.05, 3.63) is 29.6 Å². The van der Waals surface area contributed by atoms with Gasteiger partial charge in [0.05, 0.1) is 6.61 Å². The van der Waals surface area contributed by atoms with E-state index in [2.05, 4.69) is 4.98 Å². The van der Waals surface area contributed by atoms with E-state index >= 15 is 0 Å². The van der Waals surface area contributed by atoms with Crippen LogP contribution in [0.1, 0.15) is 30.0 Å². The van der Waals surface area contributed by atoms with E-state index < -0.39 is 0 Å². The highest BCUT2D eigenvalue weighted by Gasteiger charge is 2.24. The summed E-state index contributed by atoms with van der Waals surface area (Å²) in [4.78, 5) is 4.24. The SMILES string of the molecule is OCc1ccnc(C2CC2)c1. The normalized spacial score (nSPS) is 16.8. The third kappa shape index (κ3) is 1.40. The number of hydrogen-bond acceptors (Lipinski definition) is 2. The highest BCUT2D eigenvalue weighted by Crippen LogP contribution is 2.38. The molecule has 2 nitrogen and oxygen atoms in total. The minimum atomic E-state index is 0.127. The molecule has 0 radical (unpaired) electrons. The van der Waals surface area contributed by atoms with Crippen LogP contribution < -0.4 is 0 Å². The highest BCUT2D eigenvalue weighted by atomic mass is 16.3. The molecule has 1 heterocycles. The van der Waals surface area contributed by atoms with Crippen LogP contribution in [-0.2, 0) is 6.61 Å². The van der Waals surface area contributed by atoms with E-state index in [0.29, 0.717) is 5.92 Å². The van der Waals surface area contributed by atoms with Gasteiger partial charge in [0.2, 0.25) is 0 Å². The van der Waals surface area contributed by atoms with Crippen molar-refractivity contribution in [3.63, 3.8) is 0 Å². The van der Waals surface area contributed by atoms with Crippen LogP contribution >= 0.6 is 0 Å². The molecule has 1 aliphatic carbocycles. The Balaban J connectivity index is 2.26. The lowest BCUT2D eigenvalue weighted by Crippen LogP contribution is -1.89. The summed E-state index contributed by atoms with van der Waals surface area (Å²) in [5.41, 5.74) is 2.12. The van der Waals surface area contributed by atoms with Gasteiger partial charge >= 0.3 is 0 Å². The number of pyridine rings is 1. The third-order valence-electron chi connectivity index (χ3n) is 2.02. The van der Waals surface area contributed by atoms with Crippen LogP contribution in [0.3, 0.4) is 0 Å². The predicted molar refractivity (Wildman–Crippen MR) is 42.1 cm³/mol. The summed E-state index contributed by atoms with van der Waals surface area (Å²) in [6, 6.07) is 3.85. The molecule has 0 bridgehead atoms. The zero-order chi connectivity index (χ0) is 7.68. The topological polar surface area (TPSA) is 33.1 Å². The number of nitrogens with zero attached hydrogens (tertiary/aromatic N) is 1. The molecule has 0 aliphatic heterocycles. The van der Waals surface area contributed by atoms with Gasteiger partial charge in [-0.15, -0.1) is 0 Å². The molecule has 0 amide bonds. The fourth-order valence-electron chi connectivity index (χ4n) is 1.20. The molecule has 1 aromatic heterocycles. The third-order valence-corrected chi connectivity index (χ3v) is 2.02. The summed E-state index contributed by atoms with van der Waals surface area (Å²) in [6.45, 7) is 0.127. The first-order valence-electron chi connectivity index (χ1n) is 3.96. The predicted octanol–water partition coefficient (Wildman–Crippen LogP) is 1.45. The molecule has 0 atom stereocenters. The van der Waals surface area contributed by atoms with Crippen LogP contribution in [0.25, 0.3) is 0 Å². The molecule has 11 heavy (non-hydrogen) atoms.